The molecule has 0 fully saturated rings. The molecular formula is C18H19N3O5S2. The zero-order valence-corrected chi connectivity index (χ0v) is 17.1. The fourth-order valence-corrected chi connectivity index (χ4v) is 4.77. The minimum atomic E-state index is -4.00. The van der Waals surface area contributed by atoms with E-state index in [0.29, 0.717) is 11.3 Å². The van der Waals surface area contributed by atoms with Crippen molar-refractivity contribution in [2.75, 3.05) is 19.6 Å². The predicted molar refractivity (Wildman–Crippen MR) is 109 cm³/mol. The van der Waals surface area contributed by atoms with Crippen molar-refractivity contribution in [1.29, 1.82) is 0 Å². The van der Waals surface area contributed by atoms with E-state index in [1.807, 2.05) is 6.07 Å². The summed E-state index contributed by atoms with van der Waals surface area (Å²) in [6.07, 6.45) is 1.84. The van der Waals surface area contributed by atoms with Gasteiger partial charge >= 0.3 is 0 Å². The van der Waals surface area contributed by atoms with Gasteiger partial charge in [0, 0.05) is 18.1 Å². The molecule has 0 unspecified atom stereocenters. The van der Waals surface area contributed by atoms with E-state index in [1.165, 1.54) is 6.07 Å². The summed E-state index contributed by atoms with van der Waals surface area (Å²) in [7, 11) is -6.30. The molecule has 3 rings (SSSR count). The smallest absolute Gasteiger partial charge is 0.281 e. The summed E-state index contributed by atoms with van der Waals surface area (Å²) in [6.45, 7) is 0. The van der Waals surface area contributed by atoms with Crippen molar-refractivity contribution in [2.45, 2.75) is 4.99 Å². The molecule has 0 amide bonds. The lowest BCUT2D eigenvalue weighted by Crippen LogP contribution is -2.30. The molecule has 1 aliphatic rings. The fourth-order valence-electron chi connectivity index (χ4n) is 2.92. The number of hydrogen-bond acceptors (Lipinski definition) is 8. The number of hydrogen-bond donors (Lipinski definition) is 1. The van der Waals surface area contributed by atoms with Crippen LogP contribution in [-0.4, -0.2) is 47.3 Å². The number of methoxy groups -OCH3 is 1. The van der Waals surface area contributed by atoms with Crippen LogP contribution in [0.3, 0.4) is 0 Å². The van der Waals surface area contributed by atoms with Crippen LogP contribution in [0.15, 0.2) is 58.5 Å². The number of benzene rings is 2. The van der Waals surface area contributed by atoms with Crippen molar-refractivity contribution >= 4 is 30.6 Å². The molecule has 2 aromatic carbocycles. The number of rotatable bonds is 4. The van der Waals surface area contributed by atoms with Gasteiger partial charge < -0.3 is 10.5 Å². The molecule has 1 atom stereocenters. The number of nitrogens with zero attached hydrogens (tertiary/aromatic N) is 2. The van der Waals surface area contributed by atoms with Crippen LogP contribution in [0.1, 0.15) is 5.56 Å². The Balaban J connectivity index is 2.24. The van der Waals surface area contributed by atoms with Crippen molar-refractivity contribution in [1.82, 2.24) is 0 Å². The first kappa shape index (κ1) is 20.0. The van der Waals surface area contributed by atoms with Crippen LogP contribution in [0.2, 0.25) is 0 Å². The molecule has 148 valence electrons. The van der Waals surface area contributed by atoms with Gasteiger partial charge in [0.25, 0.3) is 4.99 Å². The van der Waals surface area contributed by atoms with Gasteiger partial charge in [0.15, 0.2) is 30.6 Å². The van der Waals surface area contributed by atoms with E-state index in [1.54, 1.807) is 43.5 Å². The van der Waals surface area contributed by atoms with E-state index in [-0.39, 0.29) is 5.56 Å². The SMILES string of the molecule is COc1cccc(-c2cccc([C@@]3(S(C)(=O)=O)N=C(N)C(S(C)(=O)=O)=N3)c2)c1. The summed E-state index contributed by atoms with van der Waals surface area (Å²) in [5, 5.41) is -0.537. The number of aliphatic imine (C=N–C) groups is 2. The second kappa shape index (κ2) is 6.71. The van der Waals surface area contributed by atoms with Crippen LogP contribution >= 0.6 is 0 Å². The largest absolute Gasteiger partial charge is 0.497 e. The van der Waals surface area contributed by atoms with Crippen molar-refractivity contribution < 1.29 is 21.6 Å². The Kier molecular flexibility index (Phi) is 4.80. The Morgan fingerprint density at radius 2 is 1.54 bits per heavy atom. The molecular weight excluding hydrogens is 402 g/mol. The summed E-state index contributed by atoms with van der Waals surface area (Å²) in [5.41, 5.74) is 7.39. The van der Waals surface area contributed by atoms with Crippen LogP contribution < -0.4 is 10.5 Å². The number of sulfone groups is 2. The highest BCUT2D eigenvalue weighted by molar-refractivity contribution is 8.07. The number of ether oxygens (including phenoxy) is 1. The third-order valence-electron chi connectivity index (χ3n) is 4.25. The van der Waals surface area contributed by atoms with Crippen LogP contribution in [0, 0.1) is 0 Å². The normalized spacial score (nSPS) is 19.8. The molecule has 2 N–H and O–H groups in total. The minimum absolute atomic E-state index is 0.192. The molecule has 8 nitrogen and oxygen atoms in total. The molecule has 1 aliphatic heterocycles. The molecule has 0 aromatic heterocycles. The molecule has 1 heterocycles. The molecule has 0 bridgehead atoms. The highest BCUT2D eigenvalue weighted by Gasteiger charge is 2.48. The Morgan fingerprint density at radius 1 is 0.929 bits per heavy atom. The van der Waals surface area contributed by atoms with E-state index < -0.39 is 35.5 Å². The van der Waals surface area contributed by atoms with Crippen molar-refractivity contribution in [3.63, 3.8) is 0 Å². The molecule has 0 saturated carbocycles. The predicted octanol–water partition coefficient (Wildman–Crippen LogP) is 1.33. The maximum absolute atomic E-state index is 12.6. The summed E-state index contributed by atoms with van der Waals surface area (Å²) in [6, 6.07) is 13.8. The monoisotopic (exact) mass is 421 g/mol. The quantitative estimate of drug-likeness (QED) is 0.793. The van der Waals surface area contributed by atoms with E-state index in [2.05, 4.69) is 9.98 Å². The van der Waals surface area contributed by atoms with E-state index in [4.69, 9.17) is 10.5 Å². The van der Waals surface area contributed by atoms with Crippen molar-refractivity contribution in [3.8, 4) is 16.9 Å². The zero-order chi connectivity index (χ0) is 20.7. The summed E-state index contributed by atoms with van der Waals surface area (Å²) < 4.78 is 54.4. The third kappa shape index (κ3) is 3.40. The second-order valence-electron chi connectivity index (χ2n) is 6.38. The lowest BCUT2D eigenvalue weighted by Gasteiger charge is -2.22. The Hall–Kier alpha value is -2.72. The van der Waals surface area contributed by atoms with E-state index in [0.717, 1.165) is 18.1 Å². The maximum atomic E-state index is 12.6. The van der Waals surface area contributed by atoms with Gasteiger partial charge in [0.1, 0.15) is 5.75 Å². The highest BCUT2D eigenvalue weighted by atomic mass is 32.2. The van der Waals surface area contributed by atoms with Crippen LogP contribution in [0.4, 0.5) is 0 Å². The first-order chi connectivity index (χ1) is 13.0. The summed E-state index contributed by atoms with van der Waals surface area (Å²) >= 11 is 0. The molecule has 10 heteroatoms. The molecule has 0 spiro atoms. The topological polar surface area (TPSA) is 128 Å². The zero-order valence-electron chi connectivity index (χ0n) is 15.4. The number of amidine groups is 1. The van der Waals surface area contributed by atoms with E-state index >= 15 is 0 Å². The average molecular weight is 422 g/mol. The fraction of sp³-hybridized carbons (Fsp3) is 0.222. The highest BCUT2D eigenvalue weighted by Crippen LogP contribution is 2.39. The Labute approximate surface area is 163 Å². The Morgan fingerprint density at radius 3 is 2.07 bits per heavy atom. The molecule has 0 saturated heterocycles. The first-order valence-electron chi connectivity index (χ1n) is 8.08. The molecule has 28 heavy (non-hydrogen) atoms. The first-order valence-corrected chi connectivity index (χ1v) is 11.9. The maximum Gasteiger partial charge on any atom is 0.281 e. The van der Waals surface area contributed by atoms with E-state index in [9.17, 15) is 16.8 Å². The summed E-state index contributed by atoms with van der Waals surface area (Å²) in [5.74, 6) is 0.209. The van der Waals surface area contributed by atoms with Gasteiger partial charge in [0.2, 0.25) is 0 Å². The molecule has 2 aromatic rings. The van der Waals surface area contributed by atoms with Crippen LogP contribution in [0.5, 0.6) is 5.75 Å². The standard InChI is InChI=1S/C18H19N3O5S2/c1-26-15-9-5-7-13(11-15)12-6-4-8-14(10-12)18(28(3,24)25)20-16(19)17(21-18)27(2,22)23/h4-11H,1-3H3,(H2,19,20)/t18-/m1/s1. The minimum Gasteiger partial charge on any atom is -0.497 e. The lowest BCUT2D eigenvalue weighted by atomic mass is 10.0. The summed E-state index contributed by atoms with van der Waals surface area (Å²) in [4.78, 5) is 5.80. The molecule has 0 radical (unpaired) electrons. The van der Waals surface area contributed by atoms with Gasteiger partial charge in [-0.15, -0.1) is 0 Å². The number of nitrogens with two attached hydrogens (primary N) is 1. The second-order valence-corrected chi connectivity index (χ2v) is 10.4. The average Bonchev–Trinajstić information content (AvgIpc) is 3.01. The van der Waals surface area contributed by atoms with Gasteiger partial charge in [0.05, 0.1) is 7.11 Å². The van der Waals surface area contributed by atoms with Gasteiger partial charge in [-0.1, -0.05) is 30.3 Å². The van der Waals surface area contributed by atoms with Crippen molar-refractivity contribution in [2.24, 2.45) is 15.7 Å². The van der Waals surface area contributed by atoms with Gasteiger partial charge in [-0.25, -0.2) is 26.8 Å². The van der Waals surface area contributed by atoms with Crippen LogP contribution in [-0.2, 0) is 24.7 Å². The van der Waals surface area contributed by atoms with Gasteiger partial charge in [-0.05, 0) is 29.3 Å². The Bertz CT molecular complexity index is 1220. The lowest BCUT2D eigenvalue weighted by molar-refractivity contribution is 0.415. The third-order valence-corrected chi connectivity index (χ3v) is 6.71. The van der Waals surface area contributed by atoms with Gasteiger partial charge in [-0.3, -0.25) is 0 Å². The van der Waals surface area contributed by atoms with Crippen LogP contribution in [0.25, 0.3) is 11.1 Å². The van der Waals surface area contributed by atoms with Gasteiger partial charge in [-0.2, -0.15) is 0 Å². The molecule has 0 aliphatic carbocycles. The van der Waals surface area contributed by atoms with Crippen molar-refractivity contribution in [3.05, 3.63) is 54.1 Å².